The van der Waals surface area contributed by atoms with Crippen LogP contribution in [0, 0.1) is 0 Å². The molecule has 2 atom stereocenters. The Morgan fingerprint density at radius 1 is 0.400 bits per heavy atom. The fourth-order valence-corrected chi connectivity index (χ4v) is 9.14. The number of ether oxygens (including phenoxy) is 4. The maximum Gasteiger partial charge on any atom is 0.361 e. The second kappa shape index (κ2) is 57.4. The number of nitrogens with zero attached hydrogens (tertiary/aromatic N) is 1. The van der Waals surface area contributed by atoms with E-state index in [4.69, 9.17) is 18.9 Å². The largest absolute Gasteiger partial charge is 0.477 e. The molecular formula is C66H122NO8+. The lowest BCUT2D eigenvalue weighted by Crippen LogP contribution is -2.40. The summed E-state index contributed by atoms with van der Waals surface area (Å²) in [5.41, 5.74) is 0. The van der Waals surface area contributed by atoms with E-state index < -0.39 is 24.3 Å². The Balaban J connectivity index is 4.09. The van der Waals surface area contributed by atoms with Crippen LogP contribution >= 0.6 is 0 Å². The van der Waals surface area contributed by atoms with Crippen molar-refractivity contribution < 1.29 is 42.9 Å². The normalized spacial score (nSPS) is 13.0. The van der Waals surface area contributed by atoms with E-state index in [1.807, 2.05) is 21.1 Å². The van der Waals surface area contributed by atoms with Gasteiger partial charge in [0.1, 0.15) is 13.2 Å². The number of carboxylic acids is 1. The van der Waals surface area contributed by atoms with Crippen molar-refractivity contribution in [3.05, 3.63) is 48.6 Å². The molecule has 75 heavy (non-hydrogen) atoms. The predicted octanol–water partition coefficient (Wildman–Crippen LogP) is 19.0. The number of hydrogen-bond donors (Lipinski definition) is 1. The molecule has 0 aromatic carbocycles. The molecule has 9 nitrogen and oxygen atoms in total. The van der Waals surface area contributed by atoms with Gasteiger partial charge in [-0.2, -0.15) is 0 Å². The molecule has 0 saturated carbocycles. The first-order valence-corrected chi connectivity index (χ1v) is 31.8. The lowest BCUT2D eigenvalue weighted by Gasteiger charge is -2.25. The Morgan fingerprint density at radius 3 is 1.08 bits per heavy atom. The second-order valence-electron chi connectivity index (χ2n) is 22.7. The summed E-state index contributed by atoms with van der Waals surface area (Å²) < 4.78 is 22.9. The highest BCUT2D eigenvalue weighted by Crippen LogP contribution is 2.17. The van der Waals surface area contributed by atoms with Crippen LogP contribution in [0.15, 0.2) is 48.6 Å². The highest BCUT2D eigenvalue weighted by molar-refractivity contribution is 5.71. The standard InChI is InChI=1S/C66H121NO8/c1-6-8-10-12-14-16-18-20-22-24-25-26-27-28-29-30-31-32-33-34-35-36-37-38-39-41-43-45-47-49-51-53-55-57-64(69)75-62(61-74-66(65(70)71)72-59-58-67(3,4)5)60-73-63(68)56-54-52-50-48-46-44-42-40-23-21-19-17-15-13-11-9-7-2/h18,20-21,23-25,27-28,62,66H,6-17,19,22,26,29-61H2,1-5H3/p+1/b20-18-,23-21-,25-24-,28-27-. The van der Waals surface area contributed by atoms with Crippen LogP contribution in [0.3, 0.4) is 0 Å². The van der Waals surface area contributed by atoms with Gasteiger partial charge in [-0.3, -0.25) is 9.59 Å². The second-order valence-corrected chi connectivity index (χ2v) is 22.7. The van der Waals surface area contributed by atoms with Gasteiger partial charge in [0.15, 0.2) is 6.10 Å². The lowest BCUT2D eigenvalue weighted by molar-refractivity contribution is -0.870. The summed E-state index contributed by atoms with van der Waals surface area (Å²) in [5, 5.41) is 9.71. The Morgan fingerprint density at radius 2 is 0.720 bits per heavy atom. The molecule has 9 heteroatoms. The Kier molecular flexibility index (Phi) is 55.3. The van der Waals surface area contributed by atoms with Gasteiger partial charge in [0, 0.05) is 12.8 Å². The number of aliphatic carboxylic acids is 1. The van der Waals surface area contributed by atoms with Gasteiger partial charge in [-0.15, -0.1) is 0 Å². The van der Waals surface area contributed by atoms with E-state index >= 15 is 0 Å². The maximum atomic E-state index is 12.9. The number of quaternary nitrogens is 1. The fraction of sp³-hybridized carbons (Fsp3) is 0.833. The van der Waals surface area contributed by atoms with Gasteiger partial charge in [-0.25, -0.2) is 4.79 Å². The Labute approximate surface area is 463 Å². The number of rotatable bonds is 59. The molecule has 0 aromatic heterocycles. The van der Waals surface area contributed by atoms with Crippen LogP contribution < -0.4 is 0 Å². The number of allylic oxidation sites excluding steroid dienone is 8. The minimum Gasteiger partial charge on any atom is -0.477 e. The summed E-state index contributed by atoms with van der Waals surface area (Å²) >= 11 is 0. The van der Waals surface area contributed by atoms with Crippen LogP contribution in [0.5, 0.6) is 0 Å². The van der Waals surface area contributed by atoms with Gasteiger partial charge >= 0.3 is 17.9 Å². The summed E-state index contributed by atoms with van der Waals surface area (Å²) in [6, 6.07) is 0. The predicted molar refractivity (Wildman–Crippen MR) is 318 cm³/mol. The molecule has 0 radical (unpaired) electrons. The molecule has 0 bridgehead atoms. The molecule has 0 rings (SSSR count). The molecule has 0 amide bonds. The summed E-state index contributed by atoms with van der Waals surface area (Å²) in [6.07, 6.45) is 69.2. The summed E-state index contributed by atoms with van der Waals surface area (Å²) in [5.74, 6) is -2.00. The quantitative estimate of drug-likeness (QED) is 0.0211. The van der Waals surface area contributed by atoms with E-state index in [9.17, 15) is 19.5 Å². The summed E-state index contributed by atoms with van der Waals surface area (Å²) in [4.78, 5) is 37.5. The molecule has 0 aliphatic rings. The van der Waals surface area contributed by atoms with Crippen molar-refractivity contribution in [2.45, 2.75) is 309 Å². The molecule has 0 aromatic rings. The summed E-state index contributed by atoms with van der Waals surface area (Å²) in [6.45, 7) is 4.89. The average Bonchev–Trinajstić information content (AvgIpc) is 3.38. The Hall–Kier alpha value is -2.75. The van der Waals surface area contributed by atoms with Crippen molar-refractivity contribution in [3.8, 4) is 0 Å². The number of hydrogen-bond acceptors (Lipinski definition) is 7. The third-order valence-corrected chi connectivity index (χ3v) is 14.1. The highest BCUT2D eigenvalue weighted by Gasteiger charge is 2.25. The van der Waals surface area contributed by atoms with Crippen molar-refractivity contribution in [1.29, 1.82) is 0 Å². The first kappa shape index (κ1) is 72.2. The van der Waals surface area contributed by atoms with Crippen molar-refractivity contribution in [3.63, 3.8) is 0 Å². The van der Waals surface area contributed by atoms with Crippen molar-refractivity contribution in [2.75, 3.05) is 47.5 Å². The van der Waals surface area contributed by atoms with Crippen molar-refractivity contribution >= 4 is 17.9 Å². The number of esters is 2. The van der Waals surface area contributed by atoms with E-state index in [2.05, 4.69) is 62.5 Å². The van der Waals surface area contributed by atoms with Gasteiger partial charge < -0.3 is 28.5 Å². The van der Waals surface area contributed by atoms with Gasteiger partial charge in [0.05, 0.1) is 34.4 Å². The molecule has 2 unspecified atom stereocenters. The molecule has 0 aliphatic heterocycles. The monoisotopic (exact) mass is 1060 g/mol. The third-order valence-electron chi connectivity index (χ3n) is 14.1. The molecule has 0 fully saturated rings. The molecule has 438 valence electrons. The number of carbonyl (C=O) groups excluding carboxylic acids is 2. The SMILES string of the molecule is CCCCCCC/C=C\C/C=C\C/C=C\CCCCCCCCCCCCCCCCCCCCC(=O)OC(COC(=O)CCCCCCCCC/C=C\CCCCCCCC)COC(OCC[N+](C)(C)C)C(=O)O. The van der Waals surface area contributed by atoms with Crippen LogP contribution in [0.25, 0.3) is 0 Å². The van der Waals surface area contributed by atoms with Gasteiger partial charge in [-0.1, -0.05) is 255 Å². The van der Waals surface area contributed by atoms with Crippen molar-refractivity contribution in [1.82, 2.24) is 0 Å². The highest BCUT2D eigenvalue weighted by atomic mass is 16.7. The van der Waals surface area contributed by atoms with Gasteiger partial charge in [0.25, 0.3) is 6.29 Å². The fourth-order valence-electron chi connectivity index (χ4n) is 9.14. The molecule has 0 heterocycles. The van der Waals surface area contributed by atoms with Crippen LogP contribution in [0.1, 0.15) is 296 Å². The van der Waals surface area contributed by atoms with Crippen LogP contribution in [0.2, 0.25) is 0 Å². The first-order chi connectivity index (χ1) is 36.6. The zero-order valence-corrected chi connectivity index (χ0v) is 50.0. The molecule has 0 spiro atoms. The van der Waals surface area contributed by atoms with Gasteiger partial charge in [-0.05, 0) is 77.0 Å². The van der Waals surface area contributed by atoms with Crippen LogP contribution in [0.4, 0.5) is 0 Å². The topological polar surface area (TPSA) is 108 Å². The summed E-state index contributed by atoms with van der Waals surface area (Å²) in [7, 11) is 5.98. The molecule has 0 saturated heterocycles. The zero-order chi connectivity index (χ0) is 54.8. The third kappa shape index (κ3) is 58.8. The minimum absolute atomic E-state index is 0.181. The number of unbranched alkanes of at least 4 members (excludes halogenated alkanes) is 36. The molecular weight excluding hydrogens is 935 g/mol. The lowest BCUT2D eigenvalue weighted by atomic mass is 10.0. The van der Waals surface area contributed by atoms with E-state index in [0.717, 1.165) is 51.4 Å². The zero-order valence-electron chi connectivity index (χ0n) is 50.0. The van der Waals surface area contributed by atoms with E-state index in [1.165, 1.54) is 218 Å². The average molecular weight is 1060 g/mol. The number of likely N-dealkylation sites (N-methyl/N-ethyl adjacent to an activating group) is 1. The number of carboxylic acid groups (broad SMARTS) is 1. The first-order valence-electron chi connectivity index (χ1n) is 31.8. The maximum absolute atomic E-state index is 12.9. The van der Waals surface area contributed by atoms with Gasteiger partial charge in [0.2, 0.25) is 0 Å². The van der Waals surface area contributed by atoms with E-state index in [1.54, 1.807) is 0 Å². The molecule has 1 N–H and O–H groups in total. The minimum atomic E-state index is -1.51. The van der Waals surface area contributed by atoms with E-state index in [0.29, 0.717) is 17.4 Å². The number of carbonyl (C=O) groups is 3. The molecule has 0 aliphatic carbocycles. The van der Waals surface area contributed by atoms with Crippen LogP contribution in [-0.4, -0.2) is 87.4 Å². The smallest absolute Gasteiger partial charge is 0.361 e. The Bertz CT molecular complexity index is 1370. The van der Waals surface area contributed by atoms with Crippen LogP contribution in [-0.2, 0) is 33.3 Å². The van der Waals surface area contributed by atoms with Crippen molar-refractivity contribution in [2.24, 2.45) is 0 Å². The van der Waals surface area contributed by atoms with E-state index in [-0.39, 0.29) is 32.2 Å².